The number of nitrogens with zero attached hydrogens (tertiary/aromatic N) is 1. The summed E-state index contributed by atoms with van der Waals surface area (Å²) in [5.41, 5.74) is 2.28. The summed E-state index contributed by atoms with van der Waals surface area (Å²) in [7, 11) is 1.31. The van der Waals surface area contributed by atoms with Crippen LogP contribution >= 0.6 is 0 Å². The number of benzene rings is 2. The van der Waals surface area contributed by atoms with E-state index in [0.717, 1.165) is 11.1 Å². The van der Waals surface area contributed by atoms with E-state index >= 15 is 0 Å². The van der Waals surface area contributed by atoms with E-state index in [1.807, 2.05) is 50.2 Å². The van der Waals surface area contributed by atoms with Crippen LogP contribution in [0.4, 0.5) is 0 Å². The molecule has 0 unspecified atom stereocenters. The molecule has 4 nitrogen and oxygen atoms in total. The smallest absolute Gasteiger partial charge is 0.336 e. The molecule has 134 valence electrons. The highest BCUT2D eigenvalue weighted by atomic mass is 16.5. The highest BCUT2D eigenvalue weighted by Crippen LogP contribution is 2.22. The molecule has 1 N–H and O–H groups in total. The zero-order valence-corrected chi connectivity index (χ0v) is 15.1. The van der Waals surface area contributed by atoms with Gasteiger partial charge in [0, 0.05) is 19.1 Å². The Morgan fingerprint density at radius 1 is 0.960 bits per heavy atom. The first-order valence-electron chi connectivity index (χ1n) is 8.60. The molecule has 0 radical (unpaired) electrons. The monoisotopic (exact) mass is 341 g/mol. The fourth-order valence-electron chi connectivity index (χ4n) is 3.15. The van der Waals surface area contributed by atoms with Crippen LogP contribution in [-0.2, 0) is 22.6 Å². The van der Waals surface area contributed by atoms with Crippen molar-refractivity contribution >= 4 is 5.97 Å². The van der Waals surface area contributed by atoms with Crippen LogP contribution in [-0.4, -0.2) is 35.2 Å². The average molecular weight is 341 g/mol. The van der Waals surface area contributed by atoms with E-state index < -0.39 is 12.1 Å². The Morgan fingerprint density at radius 3 is 1.76 bits per heavy atom. The Morgan fingerprint density at radius 2 is 1.40 bits per heavy atom. The molecule has 0 heterocycles. The first-order valence-corrected chi connectivity index (χ1v) is 8.60. The molecule has 0 amide bonds. The lowest BCUT2D eigenvalue weighted by molar-refractivity contribution is -0.156. The van der Waals surface area contributed by atoms with Gasteiger partial charge in [-0.15, -0.1) is 0 Å². The summed E-state index contributed by atoms with van der Waals surface area (Å²) in [6.07, 6.45) is -1.18. The summed E-state index contributed by atoms with van der Waals surface area (Å²) in [5, 5.41) is 10.6. The highest BCUT2D eigenvalue weighted by molar-refractivity contribution is 5.75. The lowest BCUT2D eigenvalue weighted by Gasteiger charge is -2.36. The molecule has 2 aromatic rings. The number of carbonyl (C=O) groups is 1. The summed E-state index contributed by atoms with van der Waals surface area (Å²) >= 11 is 0. The number of aliphatic hydroxyl groups is 1. The number of rotatable bonds is 8. The first kappa shape index (κ1) is 19.2. The summed E-state index contributed by atoms with van der Waals surface area (Å²) < 4.78 is 4.78. The minimum Gasteiger partial charge on any atom is -0.467 e. The van der Waals surface area contributed by atoms with E-state index in [9.17, 15) is 9.90 Å². The van der Waals surface area contributed by atoms with Gasteiger partial charge in [-0.05, 0) is 17.0 Å². The van der Waals surface area contributed by atoms with Crippen LogP contribution < -0.4 is 0 Å². The summed E-state index contributed by atoms with van der Waals surface area (Å²) in [6, 6.07) is 19.8. The lowest BCUT2D eigenvalue weighted by Crippen LogP contribution is -2.50. The number of methoxy groups -OCH3 is 1. The van der Waals surface area contributed by atoms with Crippen molar-refractivity contribution in [3.8, 4) is 0 Å². The minimum absolute atomic E-state index is 0.0847. The molecular weight excluding hydrogens is 314 g/mol. The normalized spacial score (nSPS) is 13.7. The third-order valence-corrected chi connectivity index (χ3v) is 4.33. The molecule has 0 spiro atoms. The molecule has 0 bridgehead atoms. The number of carbonyl (C=O) groups excluding carboxylic acids is 1. The van der Waals surface area contributed by atoms with Crippen LogP contribution in [0.3, 0.4) is 0 Å². The van der Waals surface area contributed by atoms with E-state index in [1.54, 1.807) is 0 Å². The topological polar surface area (TPSA) is 49.8 Å². The number of hydrogen-bond acceptors (Lipinski definition) is 4. The van der Waals surface area contributed by atoms with Gasteiger partial charge in [0.15, 0.2) is 6.10 Å². The predicted octanol–water partition coefficient (Wildman–Crippen LogP) is 3.25. The number of esters is 1. The molecule has 2 rings (SSSR count). The zero-order valence-electron chi connectivity index (χ0n) is 15.1. The molecular formula is C21H27NO3. The lowest BCUT2D eigenvalue weighted by atomic mass is 9.95. The van der Waals surface area contributed by atoms with Gasteiger partial charge in [0.25, 0.3) is 0 Å². The van der Waals surface area contributed by atoms with Crippen LogP contribution in [0.5, 0.6) is 0 Å². The molecule has 0 aromatic heterocycles. The fourth-order valence-corrected chi connectivity index (χ4v) is 3.15. The van der Waals surface area contributed by atoms with Crippen molar-refractivity contribution in [2.24, 2.45) is 5.92 Å². The molecule has 0 aliphatic heterocycles. The molecule has 2 aromatic carbocycles. The number of ether oxygens (including phenoxy) is 1. The third kappa shape index (κ3) is 5.41. The van der Waals surface area contributed by atoms with Gasteiger partial charge in [0.1, 0.15) is 0 Å². The Labute approximate surface area is 150 Å². The zero-order chi connectivity index (χ0) is 18.2. The van der Waals surface area contributed by atoms with E-state index in [1.165, 1.54) is 7.11 Å². The standard InChI is InChI=1S/C21H27NO3/c1-16(2)19(20(23)21(24)25-3)22(14-17-10-6-4-7-11-17)15-18-12-8-5-9-13-18/h4-13,16,19-20,23H,14-15H2,1-3H3/t19-,20+/m0/s1. The van der Waals surface area contributed by atoms with Gasteiger partial charge in [0.05, 0.1) is 7.11 Å². The summed E-state index contributed by atoms with van der Waals surface area (Å²) in [4.78, 5) is 14.1. The van der Waals surface area contributed by atoms with Crippen molar-refractivity contribution in [1.29, 1.82) is 0 Å². The third-order valence-electron chi connectivity index (χ3n) is 4.33. The van der Waals surface area contributed by atoms with Gasteiger partial charge in [-0.1, -0.05) is 74.5 Å². The number of hydrogen-bond donors (Lipinski definition) is 1. The molecule has 0 aliphatic rings. The Kier molecular flexibility index (Phi) is 7.16. The predicted molar refractivity (Wildman–Crippen MR) is 98.8 cm³/mol. The van der Waals surface area contributed by atoms with Crippen LogP contribution in [0.1, 0.15) is 25.0 Å². The van der Waals surface area contributed by atoms with E-state index in [2.05, 4.69) is 29.2 Å². The van der Waals surface area contributed by atoms with Gasteiger partial charge in [0.2, 0.25) is 0 Å². The van der Waals surface area contributed by atoms with Gasteiger partial charge in [-0.3, -0.25) is 4.90 Å². The molecule has 0 saturated heterocycles. The van der Waals surface area contributed by atoms with Gasteiger partial charge < -0.3 is 9.84 Å². The second-order valence-electron chi connectivity index (χ2n) is 6.58. The van der Waals surface area contributed by atoms with Crippen LogP contribution in [0.2, 0.25) is 0 Å². The number of aliphatic hydroxyl groups excluding tert-OH is 1. The van der Waals surface area contributed by atoms with Crippen molar-refractivity contribution in [3.63, 3.8) is 0 Å². The second kappa shape index (κ2) is 9.35. The van der Waals surface area contributed by atoms with Crippen molar-refractivity contribution in [3.05, 3.63) is 71.8 Å². The van der Waals surface area contributed by atoms with Gasteiger partial charge in [-0.2, -0.15) is 0 Å². The molecule has 0 aliphatic carbocycles. The summed E-state index contributed by atoms with van der Waals surface area (Å²) in [5.74, 6) is -0.508. The molecule has 0 fully saturated rings. The quantitative estimate of drug-likeness (QED) is 0.749. The highest BCUT2D eigenvalue weighted by Gasteiger charge is 2.34. The first-order chi connectivity index (χ1) is 12.0. The van der Waals surface area contributed by atoms with Crippen LogP contribution in [0.25, 0.3) is 0 Å². The minimum atomic E-state index is -1.18. The van der Waals surface area contributed by atoms with E-state index in [-0.39, 0.29) is 12.0 Å². The van der Waals surface area contributed by atoms with E-state index in [0.29, 0.717) is 13.1 Å². The SMILES string of the molecule is COC(=O)[C@H](O)[C@H](C(C)C)N(Cc1ccccc1)Cc1ccccc1. The molecule has 25 heavy (non-hydrogen) atoms. The van der Waals surface area contributed by atoms with Crippen molar-refractivity contribution in [2.45, 2.75) is 39.1 Å². The second-order valence-corrected chi connectivity index (χ2v) is 6.58. The van der Waals surface area contributed by atoms with Crippen molar-refractivity contribution in [1.82, 2.24) is 4.90 Å². The summed E-state index contributed by atoms with van der Waals surface area (Å²) in [6.45, 7) is 5.32. The van der Waals surface area contributed by atoms with E-state index in [4.69, 9.17) is 4.74 Å². The fraction of sp³-hybridized carbons (Fsp3) is 0.381. The Bertz CT molecular complexity index is 601. The maximum absolute atomic E-state index is 12.0. The maximum atomic E-state index is 12.0. The van der Waals surface area contributed by atoms with Crippen molar-refractivity contribution < 1.29 is 14.6 Å². The van der Waals surface area contributed by atoms with Crippen LogP contribution in [0.15, 0.2) is 60.7 Å². The maximum Gasteiger partial charge on any atom is 0.336 e. The molecule has 0 saturated carbocycles. The Balaban J connectivity index is 2.31. The van der Waals surface area contributed by atoms with Gasteiger partial charge in [-0.25, -0.2) is 4.79 Å². The largest absolute Gasteiger partial charge is 0.467 e. The van der Waals surface area contributed by atoms with Crippen molar-refractivity contribution in [2.75, 3.05) is 7.11 Å². The Hall–Kier alpha value is -2.17. The molecule has 2 atom stereocenters. The molecule has 4 heteroatoms. The average Bonchev–Trinajstić information content (AvgIpc) is 2.62. The van der Waals surface area contributed by atoms with Gasteiger partial charge >= 0.3 is 5.97 Å². The van der Waals surface area contributed by atoms with Crippen LogP contribution in [0, 0.1) is 5.92 Å².